The van der Waals surface area contributed by atoms with E-state index in [0.717, 1.165) is 25.8 Å². The predicted octanol–water partition coefficient (Wildman–Crippen LogP) is 3.27. The molecule has 0 aliphatic carbocycles. The summed E-state index contributed by atoms with van der Waals surface area (Å²) in [6.07, 6.45) is 5.34. The Labute approximate surface area is 102 Å². The van der Waals surface area contributed by atoms with Gasteiger partial charge >= 0.3 is 0 Å². The first-order valence-electron chi connectivity index (χ1n) is 5.97. The molecule has 0 amide bonds. The van der Waals surface area contributed by atoms with Gasteiger partial charge in [-0.3, -0.25) is 5.32 Å². The van der Waals surface area contributed by atoms with Gasteiger partial charge in [0.15, 0.2) is 0 Å². The first-order valence-corrected chi connectivity index (χ1v) is 8.45. The van der Waals surface area contributed by atoms with Crippen LogP contribution in [0.3, 0.4) is 0 Å². The lowest BCUT2D eigenvalue weighted by molar-refractivity contribution is 0.125. The third kappa shape index (κ3) is 12.6. The van der Waals surface area contributed by atoms with E-state index in [-0.39, 0.29) is 6.23 Å². The van der Waals surface area contributed by atoms with E-state index < -0.39 is 0 Å². The molecule has 0 bridgehead atoms. The largest absolute Gasteiger partial charge is 0.379 e. The Morgan fingerprint density at radius 2 is 1.93 bits per heavy atom. The molecular weight excluding hydrogens is 226 g/mol. The molecule has 0 aromatic carbocycles. The molecule has 2 nitrogen and oxygen atoms in total. The monoisotopic (exact) mass is 251 g/mol. The van der Waals surface area contributed by atoms with Crippen LogP contribution in [-0.2, 0) is 0 Å². The van der Waals surface area contributed by atoms with E-state index in [1.54, 1.807) is 0 Å². The lowest BCUT2D eigenvalue weighted by atomic mass is 10.2. The molecule has 0 aromatic rings. The smallest absolute Gasteiger partial charge is 0.104 e. The standard InChI is InChI=1S/C11H25NOS2/c1-3-9-12-11(13)8-6-5-7-10-15-14-4-2/h11-13H,3-10H2,1-2H3. The minimum atomic E-state index is -0.289. The molecule has 0 aliphatic heterocycles. The Morgan fingerprint density at radius 3 is 2.60 bits per heavy atom. The average molecular weight is 251 g/mol. The summed E-state index contributed by atoms with van der Waals surface area (Å²) in [6.45, 7) is 5.22. The third-order valence-corrected chi connectivity index (χ3v) is 4.60. The quantitative estimate of drug-likeness (QED) is 0.335. The van der Waals surface area contributed by atoms with Gasteiger partial charge in [0.2, 0.25) is 0 Å². The van der Waals surface area contributed by atoms with E-state index in [4.69, 9.17) is 0 Å². The van der Waals surface area contributed by atoms with Crippen LogP contribution in [0.15, 0.2) is 0 Å². The van der Waals surface area contributed by atoms with E-state index in [2.05, 4.69) is 19.2 Å². The van der Waals surface area contributed by atoms with Crippen molar-refractivity contribution in [1.29, 1.82) is 0 Å². The van der Waals surface area contributed by atoms with Crippen molar-refractivity contribution in [3.05, 3.63) is 0 Å². The molecule has 0 heterocycles. The minimum Gasteiger partial charge on any atom is -0.379 e. The number of unbranched alkanes of at least 4 members (excludes halogenated alkanes) is 2. The van der Waals surface area contributed by atoms with E-state index in [1.165, 1.54) is 24.3 Å². The van der Waals surface area contributed by atoms with E-state index in [9.17, 15) is 5.11 Å². The maximum Gasteiger partial charge on any atom is 0.104 e. The van der Waals surface area contributed by atoms with E-state index in [0.29, 0.717) is 0 Å². The van der Waals surface area contributed by atoms with E-state index >= 15 is 0 Å². The molecule has 0 spiro atoms. The fraction of sp³-hybridized carbons (Fsp3) is 1.00. The summed E-state index contributed by atoms with van der Waals surface area (Å²) in [5.41, 5.74) is 0. The van der Waals surface area contributed by atoms with Crippen LogP contribution in [-0.4, -0.2) is 29.4 Å². The highest BCUT2D eigenvalue weighted by Gasteiger charge is 2.00. The van der Waals surface area contributed by atoms with Crippen LogP contribution in [0.25, 0.3) is 0 Å². The van der Waals surface area contributed by atoms with Gasteiger partial charge in [0.25, 0.3) is 0 Å². The SMILES string of the molecule is CCCNC(O)CCCCCSSCC. The molecule has 0 rings (SSSR count). The Morgan fingerprint density at radius 1 is 1.13 bits per heavy atom. The highest BCUT2D eigenvalue weighted by molar-refractivity contribution is 8.76. The van der Waals surface area contributed by atoms with Crippen molar-refractivity contribution in [2.75, 3.05) is 18.1 Å². The van der Waals surface area contributed by atoms with Crippen LogP contribution in [0, 0.1) is 0 Å². The topological polar surface area (TPSA) is 32.3 Å². The summed E-state index contributed by atoms with van der Waals surface area (Å²) in [6, 6.07) is 0. The second-order valence-corrected chi connectivity index (χ2v) is 6.42. The van der Waals surface area contributed by atoms with Crippen LogP contribution in [0.4, 0.5) is 0 Å². The molecule has 0 fully saturated rings. The van der Waals surface area contributed by atoms with Gasteiger partial charge in [-0.2, -0.15) is 0 Å². The Balaban J connectivity index is 3.02. The van der Waals surface area contributed by atoms with Gasteiger partial charge in [-0.05, 0) is 32.2 Å². The zero-order chi connectivity index (χ0) is 11.4. The predicted molar refractivity (Wildman–Crippen MR) is 73.4 cm³/mol. The minimum absolute atomic E-state index is 0.289. The summed E-state index contributed by atoms with van der Waals surface area (Å²) in [7, 11) is 3.90. The fourth-order valence-electron chi connectivity index (χ4n) is 1.23. The summed E-state index contributed by atoms with van der Waals surface area (Å²) in [5, 5.41) is 12.6. The zero-order valence-corrected chi connectivity index (χ0v) is 11.6. The van der Waals surface area contributed by atoms with E-state index in [1.807, 2.05) is 21.6 Å². The number of hydrogen-bond acceptors (Lipinski definition) is 4. The van der Waals surface area contributed by atoms with Crippen LogP contribution in [0.1, 0.15) is 46.0 Å². The summed E-state index contributed by atoms with van der Waals surface area (Å²) < 4.78 is 0. The fourth-order valence-corrected chi connectivity index (χ4v) is 3.04. The van der Waals surface area contributed by atoms with Crippen molar-refractivity contribution in [1.82, 2.24) is 5.32 Å². The first-order chi connectivity index (χ1) is 7.31. The van der Waals surface area contributed by atoms with Crippen molar-refractivity contribution in [3.63, 3.8) is 0 Å². The molecule has 1 atom stereocenters. The number of hydrogen-bond donors (Lipinski definition) is 2. The molecule has 0 radical (unpaired) electrons. The molecule has 0 aliphatic rings. The number of rotatable bonds is 11. The number of nitrogens with one attached hydrogen (secondary N) is 1. The Bertz CT molecular complexity index is 125. The van der Waals surface area contributed by atoms with Crippen molar-refractivity contribution in [2.45, 2.75) is 52.2 Å². The Hall–Kier alpha value is 0.620. The van der Waals surface area contributed by atoms with Gasteiger partial charge in [-0.15, -0.1) is 0 Å². The molecule has 0 saturated carbocycles. The molecule has 0 aromatic heterocycles. The van der Waals surface area contributed by atoms with Gasteiger partial charge in [0, 0.05) is 11.5 Å². The van der Waals surface area contributed by atoms with Gasteiger partial charge < -0.3 is 5.11 Å². The van der Waals surface area contributed by atoms with Gasteiger partial charge in [0.05, 0.1) is 0 Å². The summed E-state index contributed by atoms with van der Waals surface area (Å²) in [4.78, 5) is 0. The zero-order valence-electron chi connectivity index (χ0n) is 10.00. The van der Waals surface area contributed by atoms with Crippen molar-refractivity contribution < 1.29 is 5.11 Å². The second-order valence-electron chi connectivity index (χ2n) is 3.55. The highest BCUT2D eigenvalue weighted by atomic mass is 33.1. The van der Waals surface area contributed by atoms with Gasteiger partial charge in [-0.25, -0.2) is 0 Å². The van der Waals surface area contributed by atoms with Crippen LogP contribution >= 0.6 is 21.6 Å². The molecule has 0 saturated heterocycles. The lowest BCUT2D eigenvalue weighted by Gasteiger charge is -2.11. The van der Waals surface area contributed by atoms with Crippen LogP contribution in [0.2, 0.25) is 0 Å². The Kier molecular flexibility index (Phi) is 13.2. The third-order valence-electron chi connectivity index (χ3n) is 2.04. The van der Waals surface area contributed by atoms with Crippen LogP contribution in [0.5, 0.6) is 0 Å². The first kappa shape index (κ1) is 15.6. The van der Waals surface area contributed by atoms with Crippen molar-refractivity contribution in [2.24, 2.45) is 0 Å². The lowest BCUT2D eigenvalue weighted by Crippen LogP contribution is -2.29. The van der Waals surface area contributed by atoms with Crippen LogP contribution < -0.4 is 5.32 Å². The average Bonchev–Trinajstić information content (AvgIpc) is 2.25. The van der Waals surface area contributed by atoms with Gasteiger partial charge in [0.1, 0.15) is 6.23 Å². The maximum atomic E-state index is 9.50. The molecule has 15 heavy (non-hydrogen) atoms. The summed E-state index contributed by atoms with van der Waals surface area (Å²) >= 11 is 0. The highest BCUT2D eigenvalue weighted by Crippen LogP contribution is 2.22. The molecule has 1 unspecified atom stereocenters. The number of aliphatic hydroxyl groups is 1. The molecule has 92 valence electrons. The van der Waals surface area contributed by atoms with Crippen molar-refractivity contribution in [3.8, 4) is 0 Å². The molecule has 2 N–H and O–H groups in total. The number of aliphatic hydroxyl groups excluding tert-OH is 1. The summed E-state index contributed by atoms with van der Waals surface area (Å²) in [5.74, 6) is 2.45. The molecular formula is C11H25NOS2. The normalized spacial score (nSPS) is 13.0. The second kappa shape index (κ2) is 12.7. The molecule has 4 heteroatoms. The van der Waals surface area contributed by atoms with Crippen molar-refractivity contribution >= 4 is 21.6 Å². The maximum absolute atomic E-state index is 9.50. The van der Waals surface area contributed by atoms with Gasteiger partial charge in [-0.1, -0.05) is 41.9 Å².